The monoisotopic (exact) mass is 326 g/mol. The predicted molar refractivity (Wildman–Crippen MR) is 96.7 cm³/mol. The van der Waals surface area contributed by atoms with Gasteiger partial charge in [-0.15, -0.1) is 0 Å². The first kappa shape index (κ1) is 18.1. The molecule has 0 bridgehead atoms. The van der Waals surface area contributed by atoms with Crippen LogP contribution in [-0.4, -0.2) is 6.16 Å². The molecule has 2 aromatic rings. The van der Waals surface area contributed by atoms with Crippen molar-refractivity contribution in [1.82, 2.24) is 0 Å². The molecule has 0 saturated carbocycles. The highest BCUT2D eigenvalue weighted by atomic mass is 16.7. The molecule has 3 nitrogen and oxygen atoms in total. The Morgan fingerprint density at radius 2 is 1.33 bits per heavy atom. The maximum absolute atomic E-state index is 11.8. The fourth-order valence-electron chi connectivity index (χ4n) is 2.48. The Labute approximate surface area is 144 Å². The third-order valence-corrected chi connectivity index (χ3v) is 3.92. The van der Waals surface area contributed by atoms with Gasteiger partial charge >= 0.3 is 6.16 Å². The van der Waals surface area contributed by atoms with Crippen LogP contribution in [0, 0.1) is 6.92 Å². The molecule has 24 heavy (non-hydrogen) atoms. The van der Waals surface area contributed by atoms with E-state index in [9.17, 15) is 4.79 Å². The van der Waals surface area contributed by atoms with Gasteiger partial charge in [-0.1, -0.05) is 62.4 Å². The molecule has 0 aliphatic rings. The van der Waals surface area contributed by atoms with E-state index in [4.69, 9.17) is 9.47 Å². The van der Waals surface area contributed by atoms with Gasteiger partial charge in [-0.3, -0.25) is 0 Å². The van der Waals surface area contributed by atoms with Gasteiger partial charge in [0.15, 0.2) is 0 Å². The number of rotatable bonds is 8. The summed E-state index contributed by atoms with van der Waals surface area (Å²) in [6.07, 6.45) is 6.72. The van der Waals surface area contributed by atoms with Crippen LogP contribution in [0.1, 0.15) is 50.2 Å². The second-order valence-electron chi connectivity index (χ2n) is 6.08. The lowest BCUT2D eigenvalue weighted by atomic mass is 10.1. The van der Waals surface area contributed by atoms with Crippen molar-refractivity contribution >= 4 is 6.16 Å². The molecule has 0 aliphatic carbocycles. The number of unbranched alkanes of at least 4 members (excludes halogenated alkanes) is 4. The van der Waals surface area contributed by atoms with Crippen molar-refractivity contribution in [2.24, 2.45) is 0 Å². The Morgan fingerprint density at radius 1 is 0.792 bits per heavy atom. The molecule has 2 aromatic carbocycles. The van der Waals surface area contributed by atoms with Gasteiger partial charge in [-0.2, -0.15) is 0 Å². The number of carbonyl (C=O) groups is 1. The lowest BCUT2D eigenvalue weighted by molar-refractivity contribution is 0.152. The van der Waals surface area contributed by atoms with Crippen LogP contribution in [0.25, 0.3) is 0 Å². The minimum absolute atomic E-state index is 0.481. The minimum Gasteiger partial charge on any atom is -0.395 e. The topological polar surface area (TPSA) is 35.5 Å². The van der Waals surface area contributed by atoms with E-state index >= 15 is 0 Å². The van der Waals surface area contributed by atoms with Crippen LogP contribution >= 0.6 is 0 Å². The second-order valence-corrected chi connectivity index (χ2v) is 6.08. The predicted octanol–water partition coefficient (Wildman–Crippen LogP) is 6.09. The highest BCUT2D eigenvalue weighted by Gasteiger charge is 2.07. The Bertz CT molecular complexity index is 615. The van der Waals surface area contributed by atoms with Crippen LogP contribution < -0.4 is 9.47 Å². The number of hydrogen-bond acceptors (Lipinski definition) is 3. The van der Waals surface area contributed by atoms with Crippen LogP contribution in [0.2, 0.25) is 0 Å². The van der Waals surface area contributed by atoms with E-state index in [1.54, 1.807) is 12.1 Å². The molecule has 0 atom stereocenters. The number of carbonyl (C=O) groups excluding carboxylic acids is 1. The van der Waals surface area contributed by atoms with Crippen LogP contribution in [-0.2, 0) is 6.42 Å². The first-order valence-electron chi connectivity index (χ1n) is 8.72. The van der Waals surface area contributed by atoms with Crippen LogP contribution in [0.15, 0.2) is 48.5 Å². The van der Waals surface area contributed by atoms with Crippen LogP contribution in [0.3, 0.4) is 0 Å². The molecule has 128 valence electrons. The number of hydrogen-bond donors (Lipinski definition) is 0. The normalized spacial score (nSPS) is 10.4. The summed E-state index contributed by atoms with van der Waals surface area (Å²) in [6.45, 7) is 4.20. The van der Waals surface area contributed by atoms with E-state index in [1.807, 2.05) is 43.3 Å². The zero-order chi connectivity index (χ0) is 17.2. The molecule has 0 aromatic heterocycles. The van der Waals surface area contributed by atoms with Gasteiger partial charge < -0.3 is 9.47 Å². The largest absolute Gasteiger partial charge is 0.519 e. The third-order valence-electron chi connectivity index (χ3n) is 3.92. The summed E-state index contributed by atoms with van der Waals surface area (Å²) in [5.74, 6) is 0.983. The van der Waals surface area contributed by atoms with Crippen LogP contribution in [0.4, 0.5) is 4.79 Å². The van der Waals surface area contributed by atoms with Gasteiger partial charge in [0.05, 0.1) is 0 Å². The minimum atomic E-state index is -0.717. The summed E-state index contributed by atoms with van der Waals surface area (Å²) in [6, 6.07) is 14.9. The molecule has 0 amide bonds. The first-order valence-corrected chi connectivity index (χ1v) is 8.72. The molecule has 0 aliphatic heterocycles. The molecule has 0 unspecified atom stereocenters. The number of benzene rings is 2. The number of aryl methyl sites for hydroxylation is 2. The summed E-state index contributed by atoms with van der Waals surface area (Å²) < 4.78 is 10.3. The van der Waals surface area contributed by atoms with Gasteiger partial charge in [0.2, 0.25) is 0 Å². The van der Waals surface area contributed by atoms with Gasteiger partial charge in [0.1, 0.15) is 11.5 Å². The standard InChI is InChI=1S/C21H26O3/c1-3-4-5-6-7-8-18-11-15-20(16-12-18)24-21(22)23-19-13-9-17(2)10-14-19/h9-16H,3-8H2,1-2H3. The van der Waals surface area contributed by atoms with Crippen molar-refractivity contribution in [1.29, 1.82) is 0 Å². The average molecular weight is 326 g/mol. The molecule has 0 heterocycles. The maximum atomic E-state index is 11.8. The van der Waals surface area contributed by atoms with Crippen LogP contribution in [0.5, 0.6) is 11.5 Å². The molecule has 0 radical (unpaired) electrons. The Balaban J connectivity index is 1.76. The molecule has 2 rings (SSSR count). The average Bonchev–Trinajstić information content (AvgIpc) is 2.58. The van der Waals surface area contributed by atoms with Gasteiger partial charge in [0, 0.05) is 0 Å². The van der Waals surface area contributed by atoms with Crippen molar-refractivity contribution in [2.75, 3.05) is 0 Å². The van der Waals surface area contributed by atoms with Crippen molar-refractivity contribution < 1.29 is 14.3 Å². The smallest absolute Gasteiger partial charge is 0.395 e. The fourth-order valence-corrected chi connectivity index (χ4v) is 2.48. The third kappa shape index (κ3) is 6.45. The Kier molecular flexibility index (Phi) is 7.34. The molecular weight excluding hydrogens is 300 g/mol. The Morgan fingerprint density at radius 3 is 1.92 bits per heavy atom. The van der Waals surface area contributed by atoms with E-state index in [-0.39, 0.29) is 0 Å². The van der Waals surface area contributed by atoms with Crippen molar-refractivity contribution in [3.63, 3.8) is 0 Å². The van der Waals surface area contributed by atoms with Crippen molar-refractivity contribution in [2.45, 2.75) is 52.4 Å². The highest BCUT2D eigenvalue weighted by molar-refractivity contribution is 5.67. The van der Waals surface area contributed by atoms with E-state index in [1.165, 1.54) is 37.7 Å². The summed E-state index contributed by atoms with van der Waals surface area (Å²) in [5.41, 5.74) is 2.38. The van der Waals surface area contributed by atoms with Gasteiger partial charge in [0.25, 0.3) is 0 Å². The number of ether oxygens (including phenoxy) is 2. The summed E-state index contributed by atoms with van der Waals surface area (Å²) >= 11 is 0. The van der Waals surface area contributed by atoms with Gasteiger partial charge in [-0.25, -0.2) is 4.79 Å². The molecule has 0 N–H and O–H groups in total. The van der Waals surface area contributed by atoms with E-state index in [0.29, 0.717) is 11.5 Å². The van der Waals surface area contributed by atoms with Crippen molar-refractivity contribution in [3.05, 3.63) is 59.7 Å². The molecule has 3 heteroatoms. The summed E-state index contributed by atoms with van der Waals surface area (Å²) in [7, 11) is 0. The summed E-state index contributed by atoms with van der Waals surface area (Å²) in [4.78, 5) is 11.8. The van der Waals surface area contributed by atoms with E-state index in [0.717, 1.165) is 12.0 Å². The van der Waals surface area contributed by atoms with Crippen molar-refractivity contribution in [3.8, 4) is 11.5 Å². The van der Waals surface area contributed by atoms with E-state index in [2.05, 4.69) is 6.92 Å². The molecule has 0 fully saturated rings. The maximum Gasteiger partial charge on any atom is 0.519 e. The highest BCUT2D eigenvalue weighted by Crippen LogP contribution is 2.17. The second kappa shape index (κ2) is 9.76. The zero-order valence-electron chi connectivity index (χ0n) is 14.6. The quantitative estimate of drug-likeness (QED) is 0.335. The van der Waals surface area contributed by atoms with E-state index < -0.39 is 6.16 Å². The fraction of sp³-hybridized carbons (Fsp3) is 0.381. The first-order chi connectivity index (χ1) is 11.7. The summed E-state index contributed by atoms with van der Waals surface area (Å²) in [5, 5.41) is 0. The molecule has 0 spiro atoms. The van der Waals surface area contributed by atoms with Gasteiger partial charge in [-0.05, 0) is 49.6 Å². The molecular formula is C21H26O3. The zero-order valence-corrected chi connectivity index (χ0v) is 14.6. The Hall–Kier alpha value is -2.29. The lowest BCUT2D eigenvalue weighted by Crippen LogP contribution is -2.13. The molecule has 0 saturated heterocycles. The SMILES string of the molecule is CCCCCCCc1ccc(OC(=O)Oc2ccc(C)cc2)cc1. The lowest BCUT2D eigenvalue weighted by Gasteiger charge is -2.07.